The van der Waals surface area contributed by atoms with Gasteiger partial charge in [-0.1, -0.05) is 6.07 Å². The zero-order chi connectivity index (χ0) is 18.0. The van der Waals surface area contributed by atoms with Crippen LogP contribution in [0.25, 0.3) is 0 Å². The van der Waals surface area contributed by atoms with Crippen molar-refractivity contribution in [2.45, 2.75) is 13.3 Å². The standard InChI is InChI=1S/C18H20N2O4S/c1-13-4-7-15(20-10-3-11-25(20,22)23)12-17(13)19-18(21)14-5-8-16(24-2)9-6-14/h4-9,12H,3,10-11H2,1-2H3,(H,19,21). The fourth-order valence-corrected chi connectivity index (χ4v) is 4.32. The molecule has 0 spiro atoms. The first-order valence-electron chi connectivity index (χ1n) is 7.97. The molecule has 1 N–H and O–H groups in total. The van der Waals surface area contributed by atoms with Gasteiger partial charge in [-0.3, -0.25) is 9.10 Å². The third kappa shape index (κ3) is 3.61. The van der Waals surface area contributed by atoms with Crippen molar-refractivity contribution in [2.75, 3.05) is 29.0 Å². The summed E-state index contributed by atoms with van der Waals surface area (Å²) >= 11 is 0. The lowest BCUT2D eigenvalue weighted by Crippen LogP contribution is -2.25. The van der Waals surface area contributed by atoms with E-state index < -0.39 is 10.0 Å². The molecular formula is C18H20N2O4S. The number of methoxy groups -OCH3 is 1. The zero-order valence-electron chi connectivity index (χ0n) is 14.2. The summed E-state index contributed by atoms with van der Waals surface area (Å²) in [5.41, 5.74) is 2.54. The van der Waals surface area contributed by atoms with Crippen LogP contribution < -0.4 is 14.4 Å². The van der Waals surface area contributed by atoms with Gasteiger partial charge in [-0.05, 0) is 55.3 Å². The lowest BCUT2D eigenvalue weighted by Gasteiger charge is -2.19. The minimum absolute atomic E-state index is 0.161. The van der Waals surface area contributed by atoms with E-state index in [4.69, 9.17) is 4.74 Å². The third-order valence-electron chi connectivity index (χ3n) is 4.21. The highest BCUT2D eigenvalue weighted by atomic mass is 32.2. The van der Waals surface area contributed by atoms with Crippen LogP contribution in [0, 0.1) is 6.92 Å². The summed E-state index contributed by atoms with van der Waals surface area (Å²) in [4.78, 5) is 12.4. The zero-order valence-corrected chi connectivity index (χ0v) is 15.0. The molecule has 3 rings (SSSR count). The minimum atomic E-state index is -3.25. The number of hydrogen-bond acceptors (Lipinski definition) is 4. The molecule has 1 amide bonds. The Kier molecular flexibility index (Phi) is 4.67. The molecule has 0 atom stereocenters. The normalized spacial score (nSPS) is 15.8. The summed E-state index contributed by atoms with van der Waals surface area (Å²) in [5, 5.41) is 2.85. The predicted octanol–water partition coefficient (Wildman–Crippen LogP) is 2.80. The van der Waals surface area contributed by atoms with Crippen molar-refractivity contribution in [1.29, 1.82) is 0 Å². The van der Waals surface area contributed by atoms with Crippen molar-refractivity contribution in [3.63, 3.8) is 0 Å². The molecule has 25 heavy (non-hydrogen) atoms. The SMILES string of the molecule is COc1ccc(C(=O)Nc2cc(N3CCCS3(=O)=O)ccc2C)cc1. The quantitative estimate of drug-likeness (QED) is 0.910. The Morgan fingerprint density at radius 1 is 1.16 bits per heavy atom. The maximum absolute atomic E-state index is 12.4. The van der Waals surface area contributed by atoms with Crippen LogP contribution in [-0.4, -0.2) is 33.7 Å². The van der Waals surface area contributed by atoms with E-state index in [9.17, 15) is 13.2 Å². The molecule has 1 aliphatic rings. The Bertz CT molecular complexity index is 892. The van der Waals surface area contributed by atoms with E-state index in [1.807, 2.05) is 13.0 Å². The van der Waals surface area contributed by atoms with Crippen molar-refractivity contribution in [3.05, 3.63) is 53.6 Å². The topological polar surface area (TPSA) is 75.7 Å². The molecule has 6 nitrogen and oxygen atoms in total. The van der Waals surface area contributed by atoms with Crippen LogP contribution in [0.1, 0.15) is 22.3 Å². The van der Waals surface area contributed by atoms with E-state index >= 15 is 0 Å². The summed E-state index contributed by atoms with van der Waals surface area (Å²) in [5.74, 6) is 0.579. The van der Waals surface area contributed by atoms with Crippen LogP contribution in [0.15, 0.2) is 42.5 Å². The summed E-state index contributed by atoms with van der Waals surface area (Å²) in [6.45, 7) is 2.34. The maximum atomic E-state index is 12.4. The first kappa shape index (κ1) is 17.3. The Hall–Kier alpha value is -2.54. The lowest BCUT2D eigenvalue weighted by atomic mass is 10.1. The second kappa shape index (κ2) is 6.76. The number of amides is 1. The predicted molar refractivity (Wildman–Crippen MR) is 97.9 cm³/mol. The number of carbonyl (C=O) groups excluding carboxylic acids is 1. The Morgan fingerprint density at radius 2 is 1.88 bits per heavy atom. The van der Waals surface area contributed by atoms with Crippen LogP contribution in [-0.2, 0) is 10.0 Å². The van der Waals surface area contributed by atoms with Crippen LogP contribution >= 0.6 is 0 Å². The van der Waals surface area contributed by atoms with Gasteiger partial charge in [0.1, 0.15) is 5.75 Å². The van der Waals surface area contributed by atoms with Gasteiger partial charge < -0.3 is 10.1 Å². The highest BCUT2D eigenvalue weighted by Gasteiger charge is 2.28. The molecule has 0 saturated carbocycles. The van der Waals surface area contributed by atoms with E-state index in [-0.39, 0.29) is 11.7 Å². The van der Waals surface area contributed by atoms with Gasteiger partial charge in [0.25, 0.3) is 5.91 Å². The minimum Gasteiger partial charge on any atom is -0.497 e. The number of benzene rings is 2. The van der Waals surface area contributed by atoms with Gasteiger partial charge in [0.05, 0.1) is 18.6 Å². The maximum Gasteiger partial charge on any atom is 0.255 e. The van der Waals surface area contributed by atoms with E-state index in [1.54, 1.807) is 43.5 Å². The van der Waals surface area contributed by atoms with Crippen LogP contribution in [0.2, 0.25) is 0 Å². The van der Waals surface area contributed by atoms with Crippen molar-refractivity contribution in [3.8, 4) is 5.75 Å². The van der Waals surface area contributed by atoms with Gasteiger partial charge in [-0.25, -0.2) is 8.42 Å². The second-order valence-electron chi connectivity index (χ2n) is 5.92. The fourth-order valence-electron chi connectivity index (χ4n) is 2.77. The van der Waals surface area contributed by atoms with Gasteiger partial charge >= 0.3 is 0 Å². The fraction of sp³-hybridized carbons (Fsp3) is 0.278. The molecule has 0 bridgehead atoms. The lowest BCUT2D eigenvalue weighted by molar-refractivity contribution is 0.102. The van der Waals surface area contributed by atoms with Gasteiger partial charge in [0.2, 0.25) is 10.0 Å². The molecule has 1 saturated heterocycles. The first-order chi connectivity index (χ1) is 11.9. The molecule has 1 heterocycles. The number of anilines is 2. The van der Waals surface area contributed by atoms with Gasteiger partial charge in [0.15, 0.2) is 0 Å². The van der Waals surface area contributed by atoms with E-state index in [2.05, 4.69) is 5.32 Å². The largest absolute Gasteiger partial charge is 0.497 e. The molecule has 132 valence electrons. The van der Waals surface area contributed by atoms with Crippen molar-refractivity contribution >= 4 is 27.3 Å². The molecular weight excluding hydrogens is 340 g/mol. The molecule has 0 aliphatic carbocycles. The number of ether oxygens (including phenoxy) is 1. The monoisotopic (exact) mass is 360 g/mol. The van der Waals surface area contributed by atoms with Crippen LogP contribution in [0.5, 0.6) is 5.75 Å². The van der Waals surface area contributed by atoms with E-state index in [1.165, 1.54) is 4.31 Å². The molecule has 0 aromatic heterocycles. The van der Waals surface area contributed by atoms with E-state index in [0.29, 0.717) is 35.7 Å². The molecule has 1 fully saturated rings. The van der Waals surface area contributed by atoms with Crippen molar-refractivity contribution in [1.82, 2.24) is 0 Å². The smallest absolute Gasteiger partial charge is 0.255 e. The van der Waals surface area contributed by atoms with E-state index in [0.717, 1.165) is 5.56 Å². The molecule has 0 radical (unpaired) electrons. The van der Waals surface area contributed by atoms with Crippen molar-refractivity contribution in [2.24, 2.45) is 0 Å². The molecule has 7 heteroatoms. The summed E-state index contributed by atoms with van der Waals surface area (Å²) in [7, 11) is -1.69. The molecule has 1 aliphatic heterocycles. The Labute approximate surface area is 147 Å². The van der Waals surface area contributed by atoms with Crippen LogP contribution in [0.4, 0.5) is 11.4 Å². The number of sulfonamides is 1. The first-order valence-corrected chi connectivity index (χ1v) is 9.58. The third-order valence-corrected chi connectivity index (χ3v) is 6.08. The number of rotatable bonds is 4. The number of hydrogen-bond donors (Lipinski definition) is 1. The molecule has 2 aromatic carbocycles. The Balaban J connectivity index is 1.84. The van der Waals surface area contributed by atoms with Gasteiger partial charge in [-0.15, -0.1) is 0 Å². The second-order valence-corrected chi connectivity index (χ2v) is 7.94. The molecule has 2 aromatic rings. The number of carbonyl (C=O) groups is 1. The number of nitrogens with zero attached hydrogens (tertiary/aromatic N) is 1. The number of nitrogens with one attached hydrogen (secondary N) is 1. The van der Waals surface area contributed by atoms with Crippen molar-refractivity contribution < 1.29 is 17.9 Å². The summed E-state index contributed by atoms with van der Waals surface area (Å²) < 4.78 is 30.7. The Morgan fingerprint density at radius 3 is 2.48 bits per heavy atom. The highest BCUT2D eigenvalue weighted by Crippen LogP contribution is 2.28. The summed E-state index contributed by atoms with van der Waals surface area (Å²) in [6, 6.07) is 12.1. The molecule has 0 unspecified atom stereocenters. The average Bonchev–Trinajstić information content (AvgIpc) is 2.96. The summed E-state index contributed by atoms with van der Waals surface area (Å²) in [6.07, 6.45) is 0.615. The average molecular weight is 360 g/mol. The highest BCUT2D eigenvalue weighted by molar-refractivity contribution is 7.93. The van der Waals surface area contributed by atoms with Gasteiger partial charge in [0, 0.05) is 17.8 Å². The van der Waals surface area contributed by atoms with Crippen LogP contribution in [0.3, 0.4) is 0 Å². The number of aryl methyl sites for hydroxylation is 1. The van der Waals surface area contributed by atoms with Gasteiger partial charge in [-0.2, -0.15) is 0 Å².